The number of carbonyl (C=O) groups excluding carboxylic acids is 1. The summed E-state index contributed by atoms with van der Waals surface area (Å²) in [6.45, 7) is 1.86. The van der Waals surface area contributed by atoms with Gasteiger partial charge in [-0.1, -0.05) is 0 Å². The number of nitrogens with one attached hydrogen (secondary N) is 2. The van der Waals surface area contributed by atoms with Gasteiger partial charge in [-0.3, -0.25) is 0 Å². The maximum Gasteiger partial charge on any atom is 0.315 e. The molecule has 1 rings (SSSR count). The fourth-order valence-corrected chi connectivity index (χ4v) is 0.878. The van der Waals surface area contributed by atoms with E-state index in [-0.39, 0.29) is 12.1 Å². The van der Waals surface area contributed by atoms with Crippen molar-refractivity contribution in [2.45, 2.75) is 13.0 Å². The molecule has 2 N–H and O–H groups in total. The summed E-state index contributed by atoms with van der Waals surface area (Å²) in [6.07, 6.45) is 1.58. The molecular weight excluding hydrogens is 156 g/mol. The quantitative estimate of drug-likeness (QED) is 0.698. The Morgan fingerprint density at radius 2 is 2.42 bits per heavy atom. The van der Waals surface area contributed by atoms with Gasteiger partial charge in [0.2, 0.25) is 0 Å². The minimum atomic E-state index is -0.209. The van der Waals surface area contributed by atoms with Crippen molar-refractivity contribution >= 4 is 6.03 Å². The fraction of sp³-hybridized carbons (Fsp3) is 0.375. The third-order valence-electron chi connectivity index (χ3n) is 1.54. The fourth-order valence-electron chi connectivity index (χ4n) is 0.878. The zero-order chi connectivity index (χ0) is 8.97. The summed E-state index contributed by atoms with van der Waals surface area (Å²) < 4.78 is 5.10. The molecule has 0 aliphatic carbocycles. The molecule has 12 heavy (non-hydrogen) atoms. The minimum absolute atomic E-state index is 0.0973. The first-order valence-corrected chi connectivity index (χ1v) is 3.75. The van der Waals surface area contributed by atoms with E-state index in [1.807, 2.05) is 13.0 Å². The normalized spacial score (nSPS) is 12.2. The van der Waals surface area contributed by atoms with Gasteiger partial charge in [-0.15, -0.1) is 0 Å². The third kappa shape index (κ3) is 2.02. The first-order valence-electron chi connectivity index (χ1n) is 3.75. The maximum atomic E-state index is 10.9. The molecule has 0 fully saturated rings. The molecule has 0 aliphatic rings. The van der Waals surface area contributed by atoms with Crippen LogP contribution in [0.3, 0.4) is 0 Å². The zero-order valence-electron chi connectivity index (χ0n) is 7.13. The second-order valence-corrected chi connectivity index (χ2v) is 2.46. The van der Waals surface area contributed by atoms with Gasteiger partial charge in [-0.25, -0.2) is 4.79 Å². The summed E-state index contributed by atoms with van der Waals surface area (Å²) in [5, 5.41) is 5.15. The highest BCUT2D eigenvalue weighted by atomic mass is 16.3. The molecule has 0 bridgehead atoms. The van der Waals surface area contributed by atoms with Gasteiger partial charge in [0.05, 0.1) is 12.3 Å². The van der Waals surface area contributed by atoms with Crippen molar-refractivity contribution in [3.8, 4) is 0 Å². The van der Waals surface area contributed by atoms with E-state index in [0.717, 1.165) is 5.76 Å². The number of carbonyl (C=O) groups is 1. The summed E-state index contributed by atoms with van der Waals surface area (Å²) in [5.74, 6) is 0.749. The van der Waals surface area contributed by atoms with Crippen molar-refractivity contribution in [3.63, 3.8) is 0 Å². The number of urea groups is 1. The molecule has 1 aromatic rings. The first-order chi connectivity index (χ1) is 5.74. The molecular formula is C8H12N2O2. The molecule has 0 spiro atoms. The monoisotopic (exact) mass is 168 g/mol. The second kappa shape index (κ2) is 3.80. The Hall–Kier alpha value is -1.45. The van der Waals surface area contributed by atoms with Crippen LogP contribution in [0.2, 0.25) is 0 Å². The lowest BCUT2D eigenvalue weighted by atomic mass is 10.2. The number of rotatable bonds is 2. The summed E-state index contributed by atoms with van der Waals surface area (Å²) in [6, 6.07) is 3.30. The van der Waals surface area contributed by atoms with Crippen molar-refractivity contribution < 1.29 is 9.21 Å². The molecule has 0 saturated carbocycles. The first kappa shape index (κ1) is 8.64. The molecule has 0 saturated heterocycles. The van der Waals surface area contributed by atoms with Gasteiger partial charge >= 0.3 is 6.03 Å². The van der Waals surface area contributed by atoms with Crippen LogP contribution in [0.15, 0.2) is 22.8 Å². The molecule has 0 aromatic carbocycles. The van der Waals surface area contributed by atoms with Crippen LogP contribution < -0.4 is 10.6 Å². The smallest absolute Gasteiger partial charge is 0.315 e. The van der Waals surface area contributed by atoms with Crippen LogP contribution in [-0.2, 0) is 0 Å². The van der Waals surface area contributed by atoms with Crippen LogP contribution in [0, 0.1) is 0 Å². The molecule has 1 atom stereocenters. The van der Waals surface area contributed by atoms with E-state index >= 15 is 0 Å². The van der Waals surface area contributed by atoms with E-state index in [9.17, 15) is 4.79 Å². The Labute approximate surface area is 70.9 Å². The number of furan rings is 1. The number of amides is 2. The van der Waals surface area contributed by atoms with Gasteiger partial charge in [0, 0.05) is 7.05 Å². The summed E-state index contributed by atoms with van der Waals surface area (Å²) in [7, 11) is 1.57. The predicted octanol–water partition coefficient (Wildman–Crippen LogP) is 1.27. The van der Waals surface area contributed by atoms with Gasteiger partial charge in [0.1, 0.15) is 5.76 Å². The summed E-state index contributed by atoms with van der Waals surface area (Å²) >= 11 is 0. The van der Waals surface area contributed by atoms with E-state index in [2.05, 4.69) is 10.6 Å². The van der Waals surface area contributed by atoms with Crippen LogP contribution in [-0.4, -0.2) is 13.1 Å². The van der Waals surface area contributed by atoms with Crippen molar-refractivity contribution in [3.05, 3.63) is 24.2 Å². The zero-order valence-corrected chi connectivity index (χ0v) is 7.13. The molecule has 0 aliphatic heterocycles. The molecule has 0 radical (unpaired) electrons. The lowest BCUT2D eigenvalue weighted by molar-refractivity contribution is 0.238. The van der Waals surface area contributed by atoms with Gasteiger partial charge in [-0.2, -0.15) is 0 Å². The van der Waals surface area contributed by atoms with E-state index in [4.69, 9.17) is 4.42 Å². The van der Waals surface area contributed by atoms with Gasteiger partial charge < -0.3 is 15.1 Å². The van der Waals surface area contributed by atoms with Crippen molar-refractivity contribution in [1.82, 2.24) is 10.6 Å². The minimum Gasteiger partial charge on any atom is -0.467 e. The maximum absolute atomic E-state index is 10.9. The standard InChI is InChI=1S/C8H12N2O2/c1-6(10-8(11)9-2)7-4-3-5-12-7/h3-6H,1-2H3,(H2,9,10,11). The van der Waals surface area contributed by atoms with Crippen LogP contribution in [0.25, 0.3) is 0 Å². The Morgan fingerprint density at radius 3 is 2.92 bits per heavy atom. The van der Waals surface area contributed by atoms with E-state index in [1.165, 1.54) is 0 Å². The van der Waals surface area contributed by atoms with Gasteiger partial charge in [-0.05, 0) is 19.1 Å². The number of hydrogen-bond acceptors (Lipinski definition) is 2. The largest absolute Gasteiger partial charge is 0.467 e. The Morgan fingerprint density at radius 1 is 1.67 bits per heavy atom. The topological polar surface area (TPSA) is 54.3 Å². The number of hydrogen-bond donors (Lipinski definition) is 2. The highest BCUT2D eigenvalue weighted by Gasteiger charge is 2.09. The second-order valence-electron chi connectivity index (χ2n) is 2.46. The van der Waals surface area contributed by atoms with E-state index in [0.29, 0.717) is 0 Å². The SMILES string of the molecule is CNC(=O)NC(C)c1ccco1. The summed E-state index contributed by atoms with van der Waals surface area (Å²) in [4.78, 5) is 10.9. The molecule has 2 amide bonds. The predicted molar refractivity (Wildman–Crippen MR) is 44.7 cm³/mol. The molecule has 66 valence electrons. The van der Waals surface area contributed by atoms with E-state index < -0.39 is 0 Å². The van der Waals surface area contributed by atoms with E-state index in [1.54, 1.807) is 19.4 Å². The molecule has 1 heterocycles. The average molecular weight is 168 g/mol. The molecule has 1 aromatic heterocycles. The third-order valence-corrected chi connectivity index (χ3v) is 1.54. The van der Waals surface area contributed by atoms with Crippen LogP contribution in [0.5, 0.6) is 0 Å². The lowest BCUT2D eigenvalue weighted by Crippen LogP contribution is -2.34. The van der Waals surface area contributed by atoms with Crippen molar-refractivity contribution in [1.29, 1.82) is 0 Å². The van der Waals surface area contributed by atoms with Crippen molar-refractivity contribution in [2.75, 3.05) is 7.05 Å². The Bertz CT molecular complexity index is 244. The molecule has 1 unspecified atom stereocenters. The Kier molecular flexibility index (Phi) is 2.74. The Balaban J connectivity index is 2.49. The summed E-state index contributed by atoms with van der Waals surface area (Å²) in [5.41, 5.74) is 0. The van der Waals surface area contributed by atoms with Crippen molar-refractivity contribution in [2.24, 2.45) is 0 Å². The highest BCUT2D eigenvalue weighted by molar-refractivity contribution is 5.73. The molecule has 4 nitrogen and oxygen atoms in total. The van der Waals surface area contributed by atoms with Crippen LogP contribution >= 0.6 is 0 Å². The van der Waals surface area contributed by atoms with Crippen LogP contribution in [0.4, 0.5) is 4.79 Å². The van der Waals surface area contributed by atoms with Gasteiger partial charge in [0.15, 0.2) is 0 Å². The average Bonchev–Trinajstić information content (AvgIpc) is 2.56. The lowest BCUT2D eigenvalue weighted by Gasteiger charge is -2.09. The van der Waals surface area contributed by atoms with Crippen LogP contribution in [0.1, 0.15) is 18.7 Å². The molecule has 4 heteroatoms. The van der Waals surface area contributed by atoms with Gasteiger partial charge in [0.25, 0.3) is 0 Å². The highest BCUT2D eigenvalue weighted by Crippen LogP contribution is 2.11.